The molecule has 0 unspecified atom stereocenters. The molecule has 1 aromatic heterocycles. The molecule has 0 saturated carbocycles. The molecule has 0 spiro atoms. The minimum Gasteiger partial charge on any atom is -0.490 e. The van der Waals surface area contributed by atoms with Crippen LogP contribution in [-0.2, 0) is 27.3 Å². The number of amides is 3. The van der Waals surface area contributed by atoms with Gasteiger partial charge in [-0.15, -0.1) is 0 Å². The van der Waals surface area contributed by atoms with Gasteiger partial charge >= 0.3 is 0 Å². The van der Waals surface area contributed by atoms with Gasteiger partial charge in [-0.1, -0.05) is 65.0 Å². The Hall–Kier alpha value is -4.94. The lowest BCUT2D eigenvalue weighted by molar-refractivity contribution is -0.131. The second-order valence-corrected chi connectivity index (χ2v) is 16.2. The molecule has 3 rings (SSSR count). The van der Waals surface area contributed by atoms with Crippen molar-refractivity contribution in [2.24, 2.45) is 16.6 Å². The number of carbonyl (C=O) groups excluding carboxylic acids is 5. The highest BCUT2D eigenvalue weighted by molar-refractivity contribution is 5.96. The molecule has 12 nitrogen and oxygen atoms in total. The lowest BCUT2D eigenvalue weighted by Crippen LogP contribution is -2.38. The van der Waals surface area contributed by atoms with Crippen molar-refractivity contribution in [1.82, 2.24) is 20.1 Å². The van der Waals surface area contributed by atoms with Crippen molar-refractivity contribution in [2.75, 3.05) is 45.7 Å². The van der Waals surface area contributed by atoms with Gasteiger partial charge in [0, 0.05) is 51.3 Å². The van der Waals surface area contributed by atoms with Crippen molar-refractivity contribution >= 4 is 35.5 Å². The van der Waals surface area contributed by atoms with Gasteiger partial charge in [-0.05, 0) is 78.0 Å². The number of ether oxygens (including phenoxy) is 1. The highest BCUT2D eigenvalue weighted by Gasteiger charge is 2.24. The summed E-state index contributed by atoms with van der Waals surface area (Å²) in [4.78, 5) is 69.4. The van der Waals surface area contributed by atoms with E-state index in [1.165, 1.54) is 6.20 Å². The van der Waals surface area contributed by atoms with Crippen LogP contribution < -0.4 is 21.1 Å². The zero-order valence-corrected chi connectivity index (χ0v) is 33.7. The van der Waals surface area contributed by atoms with Crippen LogP contribution >= 0.6 is 0 Å². The maximum absolute atomic E-state index is 12.9. The smallest absolute Gasteiger partial charge is 0.241 e. The molecular weight excluding hydrogens is 697 g/mol. The highest BCUT2D eigenvalue weighted by Crippen LogP contribution is 2.29. The van der Waals surface area contributed by atoms with Crippen LogP contribution in [0.15, 0.2) is 66.9 Å². The number of hydrogen-bond donors (Lipinski definition) is 3. The second-order valence-electron chi connectivity index (χ2n) is 16.2. The van der Waals surface area contributed by atoms with E-state index in [1.807, 2.05) is 37.4 Å². The summed E-state index contributed by atoms with van der Waals surface area (Å²) < 4.78 is 5.77. The minimum absolute atomic E-state index is 0.00270. The fourth-order valence-electron chi connectivity index (χ4n) is 5.80. The number of hydrogen-bond acceptors (Lipinski definition) is 9. The van der Waals surface area contributed by atoms with Crippen molar-refractivity contribution in [3.8, 4) is 5.75 Å². The van der Waals surface area contributed by atoms with Crippen LogP contribution in [0.25, 0.3) is 0 Å². The Morgan fingerprint density at radius 3 is 2.13 bits per heavy atom. The molecule has 0 saturated heterocycles. The number of nitrogens with two attached hydrogens (primary N) is 1. The van der Waals surface area contributed by atoms with Crippen LogP contribution in [0.5, 0.6) is 5.75 Å². The normalized spacial score (nSPS) is 12.1. The van der Waals surface area contributed by atoms with Gasteiger partial charge in [-0.2, -0.15) is 0 Å². The van der Waals surface area contributed by atoms with E-state index < -0.39 is 6.04 Å². The quantitative estimate of drug-likeness (QED) is 0.0863. The molecule has 1 heterocycles. The van der Waals surface area contributed by atoms with Gasteiger partial charge in [-0.3, -0.25) is 24.0 Å². The Balaban J connectivity index is 1.30. The van der Waals surface area contributed by atoms with E-state index in [1.54, 1.807) is 47.2 Å². The van der Waals surface area contributed by atoms with E-state index in [-0.39, 0.29) is 47.5 Å². The van der Waals surface area contributed by atoms with Crippen LogP contribution in [0, 0.1) is 10.8 Å². The van der Waals surface area contributed by atoms with Gasteiger partial charge < -0.3 is 30.9 Å². The summed E-state index contributed by atoms with van der Waals surface area (Å²) in [6, 6.07) is 17.5. The molecule has 0 aliphatic heterocycles. The molecule has 3 amide bonds. The number of benzene rings is 2. The first kappa shape index (κ1) is 44.5. The van der Waals surface area contributed by atoms with E-state index in [2.05, 4.69) is 50.2 Å². The van der Waals surface area contributed by atoms with Gasteiger partial charge in [0.1, 0.15) is 24.3 Å². The minimum atomic E-state index is -0.574. The van der Waals surface area contributed by atoms with E-state index in [0.717, 1.165) is 17.4 Å². The van der Waals surface area contributed by atoms with E-state index in [9.17, 15) is 24.0 Å². The summed E-state index contributed by atoms with van der Waals surface area (Å²) in [5.74, 6) is 0.202. The third kappa shape index (κ3) is 16.5. The number of aromatic nitrogens is 1. The first-order chi connectivity index (χ1) is 25.9. The van der Waals surface area contributed by atoms with E-state index in [4.69, 9.17) is 10.5 Å². The molecule has 0 aliphatic carbocycles. The summed E-state index contributed by atoms with van der Waals surface area (Å²) in [5.41, 5.74) is 9.40. The number of rotatable bonds is 22. The summed E-state index contributed by atoms with van der Waals surface area (Å²) >= 11 is 0. The van der Waals surface area contributed by atoms with Crippen LogP contribution in [0.3, 0.4) is 0 Å². The fourth-order valence-corrected chi connectivity index (χ4v) is 5.80. The van der Waals surface area contributed by atoms with E-state index >= 15 is 0 Å². The van der Waals surface area contributed by atoms with Crippen LogP contribution in [0.1, 0.15) is 98.7 Å². The summed E-state index contributed by atoms with van der Waals surface area (Å²) in [7, 11) is 3.55. The average molecular weight is 757 g/mol. The number of nitrogens with zero attached hydrogens (tertiary/aromatic N) is 3. The first-order valence-electron chi connectivity index (χ1n) is 18.9. The predicted octanol–water partition coefficient (Wildman–Crippen LogP) is 5.69. The molecule has 1 atom stereocenters. The largest absolute Gasteiger partial charge is 0.490 e. The molecule has 4 N–H and O–H groups in total. The van der Waals surface area contributed by atoms with Gasteiger partial charge in [0.25, 0.3) is 0 Å². The zero-order valence-electron chi connectivity index (χ0n) is 33.7. The number of nitrogens with one attached hydrogen (secondary N) is 2. The van der Waals surface area contributed by atoms with Crippen molar-refractivity contribution in [2.45, 2.75) is 85.7 Å². The number of aldehydes is 1. The average Bonchev–Trinajstić information content (AvgIpc) is 3.15. The Morgan fingerprint density at radius 1 is 0.873 bits per heavy atom. The molecule has 0 radical (unpaired) electrons. The lowest BCUT2D eigenvalue weighted by atomic mass is 9.83. The number of ketones is 1. The van der Waals surface area contributed by atoms with Gasteiger partial charge in [0.15, 0.2) is 5.78 Å². The second kappa shape index (κ2) is 21.2. The fraction of sp³-hybridized carbons (Fsp3) is 0.488. The molecule has 12 heteroatoms. The molecule has 0 aliphatic rings. The summed E-state index contributed by atoms with van der Waals surface area (Å²) in [6.45, 7) is 12.1. The Labute approximate surface area is 326 Å². The van der Waals surface area contributed by atoms with Crippen LogP contribution in [0.2, 0.25) is 0 Å². The molecular formula is C43H60N6O6. The molecule has 3 aromatic rings. The number of pyridine rings is 1. The van der Waals surface area contributed by atoms with Crippen LogP contribution in [0.4, 0.5) is 5.69 Å². The first-order valence-corrected chi connectivity index (χ1v) is 18.9. The molecule has 298 valence electrons. The SMILES string of the molecule is CN(CCOc1ccc(C(=O)CNCc2cccc(C=O)c2)nc1)C(=O)CCC(C)(C)CCC(=O)N(C)CCc1ccc(NC(=O)[C@@H](N)CC(C)(C)C)cc1. The van der Waals surface area contributed by atoms with Crippen molar-refractivity contribution in [3.05, 3.63) is 89.2 Å². The van der Waals surface area contributed by atoms with Crippen LogP contribution in [-0.4, -0.2) is 91.0 Å². The predicted molar refractivity (Wildman–Crippen MR) is 216 cm³/mol. The lowest BCUT2D eigenvalue weighted by Gasteiger charge is -2.27. The summed E-state index contributed by atoms with van der Waals surface area (Å²) in [6.07, 6.45) is 5.64. The molecule has 55 heavy (non-hydrogen) atoms. The maximum Gasteiger partial charge on any atom is 0.241 e. The molecule has 2 aromatic carbocycles. The number of carbonyl (C=O) groups is 5. The zero-order chi connectivity index (χ0) is 40.6. The summed E-state index contributed by atoms with van der Waals surface area (Å²) in [5, 5.41) is 5.96. The molecule has 0 bridgehead atoms. The van der Waals surface area contributed by atoms with Gasteiger partial charge in [-0.25, -0.2) is 4.98 Å². The van der Waals surface area contributed by atoms with Crippen molar-refractivity contribution < 1.29 is 28.7 Å². The number of likely N-dealkylation sites (N-methyl/N-ethyl adjacent to an activating group) is 2. The maximum atomic E-state index is 12.9. The van der Waals surface area contributed by atoms with Crippen molar-refractivity contribution in [3.63, 3.8) is 0 Å². The number of anilines is 1. The topological polar surface area (TPSA) is 164 Å². The Morgan fingerprint density at radius 2 is 1.53 bits per heavy atom. The Kier molecular flexibility index (Phi) is 17.2. The third-order valence-corrected chi connectivity index (χ3v) is 9.43. The standard InChI is InChI=1S/C43H60N6O6/c1-42(2,3)26-36(44)41(54)47-34-13-11-31(12-14-34)19-22-48(6)39(52)17-20-43(4,5)21-18-40(53)49(7)23-24-55-35-15-16-37(46-28-35)38(51)29-45-27-32-9-8-10-33(25-32)30-50/h8-16,25,28,30,36,45H,17-24,26-27,29,44H2,1-7H3,(H,47,54)/t36-/m0/s1. The number of Topliss-reactive ketones (excluding diaryl/α,β-unsaturated/α-hetero) is 1. The Bertz CT molecular complexity index is 1720. The van der Waals surface area contributed by atoms with Crippen molar-refractivity contribution in [1.29, 1.82) is 0 Å². The van der Waals surface area contributed by atoms with E-state index in [0.29, 0.717) is 80.9 Å². The van der Waals surface area contributed by atoms with Gasteiger partial charge in [0.2, 0.25) is 17.7 Å². The molecule has 0 fully saturated rings. The third-order valence-electron chi connectivity index (χ3n) is 9.43. The highest BCUT2D eigenvalue weighted by atomic mass is 16.5. The monoisotopic (exact) mass is 756 g/mol. The van der Waals surface area contributed by atoms with Gasteiger partial charge in [0.05, 0.1) is 25.3 Å².